The van der Waals surface area contributed by atoms with Gasteiger partial charge in [0.15, 0.2) is 0 Å². The first kappa shape index (κ1) is 33.2. The average Bonchev–Trinajstić information content (AvgIpc) is 3.61. The van der Waals surface area contributed by atoms with Gasteiger partial charge in [-0.25, -0.2) is 0 Å². The van der Waals surface area contributed by atoms with Crippen molar-refractivity contribution in [3.63, 3.8) is 0 Å². The standard InChI is InChI=1S/C54H38N2/c1-5-13-39(14-6-1)43-21-27-47(28-22-43)55(48-29-23-44(24-30-48)40-15-7-2-8-16-40)49-31-33-50(34-32-49)56-53-35-25-45(41-17-9-3-10-18-41)37-51(53)52-38-46(26-36-54(52)56)42-19-11-4-12-20-42/h1-38H. The lowest BCUT2D eigenvalue weighted by Crippen LogP contribution is -2.10. The smallest absolute Gasteiger partial charge is 0.0541 e. The van der Waals surface area contributed by atoms with Crippen LogP contribution in [0.25, 0.3) is 72.0 Å². The van der Waals surface area contributed by atoms with Crippen LogP contribution in [-0.2, 0) is 0 Å². The van der Waals surface area contributed by atoms with Gasteiger partial charge >= 0.3 is 0 Å². The van der Waals surface area contributed by atoms with Crippen molar-refractivity contribution in [1.82, 2.24) is 4.57 Å². The van der Waals surface area contributed by atoms with Gasteiger partial charge in [0.05, 0.1) is 11.0 Å². The topological polar surface area (TPSA) is 8.17 Å². The first-order chi connectivity index (χ1) is 27.8. The van der Waals surface area contributed by atoms with E-state index in [1.807, 2.05) is 0 Å². The van der Waals surface area contributed by atoms with Crippen LogP contribution in [-0.4, -0.2) is 4.57 Å². The van der Waals surface area contributed by atoms with Crippen molar-refractivity contribution in [3.05, 3.63) is 231 Å². The molecular formula is C54H38N2. The lowest BCUT2D eigenvalue weighted by atomic mass is 10.0. The molecule has 2 nitrogen and oxygen atoms in total. The number of rotatable bonds is 8. The fourth-order valence-electron chi connectivity index (χ4n) is 7.99. The van der Waals surface area contributed by atoms with Crippen LogP contribution in [0.15, 0.2) is 231 Å². The number of nitrogens with zero attached hydrogens (tertiary/aromatic N) is 2. The number of anilines is 3. The maximum Gasteiger partial charge on any atom is 0.0541 e. The monoisotopic (exact) mass is 714 g/mol. The predicted octanol–water partition coefficient (Wildman–Crippen LogP) is 14.9. The summed E-state index contributed by atoms with van der Waals surface area (Å²) in [6.45, 7) is 0. The fourth-order valence-corrected chi connectivity index (χ4v) is 7.99. The minimum absolute atomic E-state index is 1.09. The molecule has 0 aliphatic carbocycles. The Bertz CT molecular complexity index is 2720. The third-order valence-corrected chi connectivity index (χ3v) is 10.8. The van der Waals surface area contributed by atoms with E-state index in [-0.39, 0.29) is 0 Å². The van der Waals surface area contributed by atoms with Gasteiger partial charge in [-0.15, -0.1) is 0 Å². The molecule has 2 heteroatoms. The Hall–Kier alpha value is -7.42. The summed E-state index contributed by atoms with van der Waals surface area (Å²) in [5.74, 6) is 0. The first-order valence-corrected chi connectivity index (χ1v) is 19.2. The van der Waals surface area contributed by atoms with Gasteiger partial charge in [0, 0.05) is 33.5 Å². The molecule has 0 aliphatic heterocycles. The number of fused-ring (bicyclic) bond motifs is 3. The molecular weight excluding hydrogens is 677 g/mol. The van der Waals surface area contributed by atoms with E-state index in [0.717, 1.165) is 22.7 Å². The number of hydrogen-bond donors (Lipinski definition) is 0. The van der Waals surface area contributed by atoms with Crippen LogP contribution in [0.2, 0.25) is 0 Å². The summed E-state index contributed by atoms with van der Waals surface area (Å²) >= 11 is 0. The summed E-state index contributed by atoms with van der Waals surface area (Å²) in [7, 11) is 0. The molecule has 56 heavy (non-hydrogen) atoms. The van der Waals surface area contributed by atoms with Crippen molar-refractivity contribution in [2.45, 2.75) is 0 Å². The molecule has 0 amide bonds. The van der Waals surface area contributed by atoms with E-state index in [2.05, 4.69) is 240 Å². The van der Waals surface area contributed by atoms with Gasteiger partial charge in [-0.05, 0) is 117 Å². The van der Waals surface area contributed by atoms with Crippen LogP contribution in [0.5, 0.6) is 0 Å². The number of aromatic nitrogens is 1. The van der Waals surface area contributed by atoms with E-state index in [4.69, 9.17) is 0 Å². The zero-order valence-corrected chi connectivity index (χ0v) is 30.8. The summed E-state index contributed by atoms with van der Waals surface area (Å²) in [5, 5.41) is 2.48. The van der Waals surface area contributed by atoms with E-state index in [1.165, 1.54) is 66.3 Å². The maximum atomic E-state index is 2.41. The minimum Gasteiger partial charge on any atom is -0.311 e. The molecule has 10 aromatic rings. The Morgan fingerprint density at radius 1 is 0.250 bits per heavy atom. The molecule has 1 heterocycles. The van der Waals surface area contributed by atoms with Crippen molar-refractivity contribution in [3.8, 4) is 50.2 Å². The molecule has 9 aromatic carbocycles. The summed E-state index contributed by atoms with van der Waals surface area (Å²) in [4.78, 5) is 2.34. The average molecular weight is 715 g/mol. The Morgan fingerprint density at radius 3 is 0.893 bits per heavy atom. The highest BCUT2D eigenvalue weighted by molar-refractivity contribution is 6.11. The molecule has 0 N–H and O–H groups in total. The molecule has 0 bridgehead atoms. The Balaban J connectivity index is 1.08. The molecule has 0 fully saturated rings. The maximum absolute atomic E-state index is 2.41. The van der Waals surface area contributed by atoms with Gasteiger partial charge in [0.2, 0.25) is 0 Å². The van der Waals surface area contributed by atoms with E-state index in [9.17, 15) is 0 Å². The van der Waals surface area contributed by atoms with E-state index in [0.29, 0.717) is 0 Å². The van der Waals surface area contributed by atoms with Crippen molar-refractivity contribution >= 4 is 38.9 Å². The van der Waals surface area contributed by atoms with Crippen molar-refractivity contribution in [2.75, 3.05) is 4.90 Å². The highest BCUT2D eigenvalue weighted by Gasteiger charge is 2.17. The fraction of sp³-hybridized carbons (Fsp3) is 0. The van der Waals surface area contributed by atoms with Gasteiger partial charge in [0.1, 0.15) is 0 Å². The molecule has 0 atom stereocenters. The molecule has 264 valence electrons. The third-order valence-electron chi connectivity index (χ3n) is 10.8. The highest BCUT2D eigenvalue weighted by Crippen LogP contribution is 2.40. The zero-order chi connectivity index (χ0) is 37.3. The van der Waals surface area contributed by atoms with Crippen molar-refractivity contribution < 1.29 is 0 Å². The lowest BCUT2D eigenvalue weighted by molar-refractivity contribution is 1.17. The van der Waals surface area contributed by atoms with Crippen LogP contribution in [0.4, 0.5) is 17.1 Å². The van der Waals surface area contributed by atoms with E-state index < -0.39 is 0 Å². The van der Waals surface area contributed by atoms with E-state index in [1.54, 1.807) is 0 Å². The molecule has 1 aromatic heterocycles. The third kappa shape index (κ3) is 6.24. The summed E-state index contributed by atoms with van der Waals surface area (Å²) in [5.41, 5.74) is 16.4. The van der Waals surface area contributed by atoms with Crippen molar-refractivity contribution in [1.29, 1.82) is 0 Å². The highest BCUT2D eigenvalue weighted by atomic mass is 15.1. The SMILES string of the molecule is c1ccc(-c2ccc(N(c3ccc(-c4ccccc4)cc3)c3ccc(-n4c5ccc(-c6ccccc6)cc5c5cc(-c6ccccc6)ccc54)cc3)cc2)cc1. The van der Waals surface area contributed by atoms with E-state index >= 15 is 0 Å². The Labute approximate surface area is 327 Å². The quantitative estimate of drug-likeness (QED) is 0.152. The zero-order valence-electron chi connectivity index (χ0n) is 30.8. The van der Waals surface area contributed by atoms with Crippen LogP contribution in [0, 0.1) is 0 Å². The van der Waals surface area contributed by atoms with Crippen LogP contribution < -0.4 is 4.90 Å². The molecule has 0 radical (unpaired) electrons. The largest absolute Gasteiger partial charge is 0.311 e. The second-order valence-electron chi connectivity index (χ2n) is 14.2. The van der Waals surface area contributed by atoms with Gasteiger partial charge in [-0.3, -0.25) is 0 Å². The van der Waals surface area contributed by atoms with Gasteiger partial charge in [-0.2, -0.15) is 0 Å². The number of hydrogen-bond acceptors (Lipinski definition) is 1. The molecule has 10 rings (SSSR count). The van der Waals surface area contributed by atoms with Gasteiger partial charge < -0.3 is 9.47 Å². The Morgan fingerprint density at radius 2 is 0.536 bits per heavy atom. The Kier molecular flexibility index (Phi) is 8.55. The molecule has 0 saturated heterocycles. The number of benzene rings is 9. The van der Waals surface area contributed by atoms with Crippen molar-refractivity contribution in [2.24, 2.45) is 0 Å². The molecule has 0 aliphatic rings. The molecule has 0 spiro atoms. The van der Waals surface area contributed by atoms with Gasteiger partial charge in [0.25, 0.3) is 0 Å². The van der Waals surface area contributed by atoms with Crippen LogP contribution in [0.3, 0.4) is 0 Å². The van der Waals surface area contributed by atoms with Crippen LogP contribution >= 0.6 is 0 Å². The lowest BCUT2D eigenvalue weighted by Gasteiger charge is -2.26. The predicted molar refractivity (Wildman–Crippen MR) is 237 cm³/mol. The first-order valence-electron chi connectivity index (χ1n) is 19.2. The van der Waals surface area contributed by atoms with Gasteiger partial charge in [-0.1, -0.05) is 158 Å². The second-order valence-corrected chi connectivity index (χ2v) is 14.2. The normalized spacial score (nSPS) is 11.2. The van der Waals surface area contributed by atoms with Crippen LogP contribution in [0.1, 0.15) is 0 Å². The summed E-state index contributed by atoms with van der Waals surface area (Å²) < 4.78 is 2.41. The summed E-state index contributed by atoms with van der Waals surface area (Å²) in [6.07, 6.45) is 0. The minimum atomic E-state index is 1.09. The molecule has 0 saturated carbocycles. The second kappa shape index (κ2) is 14.4. The molecule has 0 unspecified atom stereocenters. The summed E-state index contributed by atoms with van der Waals surface area (Å²) in [6, 6.07) is 83.0.